The fourth-order valence-electron chi connectivity index (χ4n) is 0.973. The summed E-state index contributed by atoms with van der Waals surface area (Å²) in [6, 6.07) is 2.68. The molecular formula is C8H8FNO2. The van der Waals surface area contributed by atoms with E-state index in [9.17, 15) is 9.18 Å². The van der Waals surface area contributed by atoms with E-state index in [0.717, 1.165) is 6.07 Å². The molecule has 0 aliphatic carbocycles. The summed E-state index contributed by atoms with van der Waals surface area (Å²) in [6.07, 6.45) is -0.166. The molecule has 1 heterocycles. The molecule has 64 valence electrons. The van der Waals surface area contributed by atoms with Gasteiger partial charge in [0.1, 0.15) is 0 Å². The number of carboxylic acids is 1. The van der Waals surface area contributed by atoms with Gasteiger partial charge in [0.15, 0.2) is 0 Å². The van der Waals surface area contributed by atoms with Crippen molar-refractivity contribution in [1.29, 1.82) is 0 Å². The second kappa shape index (κ2) is 3.30. The van der Waals surface area contributed by atoms with Crippen molar-refractivity contribution in [3.8, 4) is 0 Å². The third-order valence-corrected chi connectivity index (χ3v) is 1.34. The molecule has 0 saturated heterocycles. The van der Waals surface area contributed by atoms with Crippen LogP contribution >= 0.6 is 0 Å². The van der Waals surface area contributed by atoms with Crippen LogP contribution in [0.3, 0.4) is 0 Å². The molecule has 3 nitrogen and oxygen atoms in total. The topological polar surface area (TPSA) is 50.2 Å². The Morgan fingerprint density at radius 1 is 1.67 bits per heavy atom. The molecule has 0 bridgehead atoms. The molecule has 0 saturated carbocycles. The van der Waals surface area contributed by atoms with Gasteiger partial charge < -0.3 is 5.11 Å². The summed E-state index contributed by atoms with van der Waals surface area (Å²) in [5.41, 5.74) is 0.929. The van der Waals surface area contributed by atoms with Gasteiger partial charge in [-0.15, -0.1) is 0 Å². The predicted molar refractivity (Wildman–Crippen MR) is 40.3 cm³/mol. The number of rotatable bonds is 2. The first-order valence-corrected chi connectivity index (χ1v) is 3.43. The zero-order valence-electron chi connectivity index (χ0n) is 6.54. The fourth-order valence-corrected chi connectivity index (χ4v) is 0.973. The maximum Gasteiger partial charge on any atom is 0.307 e. The number of aliphatic carboxylic acids is 1. The minimum atomic E-state index is -0.972. The van der Waals surface area contributed by atoms with E-state index < -0.39 is 11.9 Å². The van der Waals surface area contributed by atoms with Gasteiger partial charge in [0, 0.05) is 5.69 Å². The monoisotopic (exact) mass is 169 g/mol. The first-order chi connectivity index (χ1) is 5.58. The van der Waals surface area contributed by atoms with Crippen molar-refractivity contribution < 1.29 is 14.3 Å². The molecule has 12 heavy (non-hydrogen) atoms. The summed E-state index contributed by atoms with van der Waals surface area (Å²) < 4.78 is 12.6. The number of carboxylic acid groups (broad SMARTS) is 1. The van der Waals surface area contributed by atoms with E-state index >= 15 is 0 Å². The highest BCUT2D eigenvalue weighted by molar-refractivity contribution is 5.70. The maximum atomic E-state index is 12.6. The van der Waals surface area contributed by atoms with Crippen molar-refractivity contribution in [2.75, 3.05) is 0 Å². The fraction of sp³-hybridized carbons (Fsp3) is 0.250. The van der Waals surface area contributed by atoms with E-state index in [4.69, 9.17) is 5.11 Å². The van der Waals surface area contributed by atoms with Crippen LogP contribution in [-0.4, -0.2) is 16.1 Å². The van der Waals surface area contributed by atoms with Crippen molar-refractivity contribution in [3.05, 3.63) is 29.3 Å². The van der Waals surface area contributed by atoms with Crippen molar-refractivity contribution in [3.63, 3.8) is 0 Å². The lowest BCUT2D eigenvalue weighted by atomic mass is 10.2. The number of pyridine rings is 1. The van der Waals surface area contributed by atoms with Crippen LogP contribution in [0.25, 0.3) is 0 Å². The molecule has 0 aliphatic rings. The molecule has 0 amide bonds. The minimum Gasteiger partial charge on any atom is -0.481 e. The number of hydrogen-bond donors (Lipinski definition) is 1. The summed E-state index contributed by atoms with van der Waals surface area (Å²) in [5, 5.41) is 8.41. The van der Waals surface area contributed by atoms with E-state index in [-0.39, 0.29) is 6.42 Å². The minimum absolute atomic E-state index is 0.166. The Kier molecular flexibility index (Phi) is 2.38. The van der Waals surface area contributed by atoms with Crippen LogP contribution in [0.4, 0.5) is 4.39 Å². The SMILES string of the molecule is Cc1cc(CC(=O)O)cc(F)n1. The van der Waals surface area contributed by atoms with Crippen molar-refractivity contribution in [2.24, 2.45) is 0 Å². The van der Waals surface area contributed by atoms with Crippen LogP contribution in [0.2, 0.25) is 0 Å². The van der Waals surface area contributed by atoms with Crippen LogP contribution < -0.4 is 0 Å². The number of aryl methyl sites for hydroxylation is 1. The van der Waals surface area contributed by atoms with Crippen molar-refractivity contribution in [1.82, 2.24) is 4.98 Å². The molecule has 1 aromatic rings. The van der Waals surface area contributed by atoms with Crippen molar-refractivity contribution >= 4 is 5.97 Å². The normalized spacial score (nSPS) is 9.83. The number of aromatic nitrogens is 1. The number of halogens is 1. The zero-order valence-corrected chi connectivity index (χ0v) is 6.54. The summed E-state index contributed by atoms with van der Waals surface area (Å²) in [4.78, 5) is 13.7. The first kappa shape index (κ1) is 8.64. The Labute approximate surface area is 68.9 Å². The number of carbonyl (C=O) groups is 1. The van der Waals surface area contributed by atoms with Gasteiger partial charge in [-0.2, -0.15) is 4.39 Å². The predicted octanol–water partition coefficient (Wildman–Crippen LogP) is 1.16. The highest BCUT2D eigenvalue weighted by Gasteiger charge is 2.03. The van der Waals surface area contributed by atoms with Gasteiger partial charge in [-0.25, -0.2) is 4.98 Å². The summed E-state index contributed by atoms with van der Waals surface area (Å²) in [7, 11) is 0. The summed E-state index contributed by atoms with van der Waals surface area (Å²) >= 11 is 0. The van der Waals surface area contributed by atoms with Gasteiger partial charge in [0.05, 0.1) is 6.42 Å². The van der Waals surface area contributed by atoms with Crippen LogP contribution in [0.15, 0.2) is 12.1 Å². The van der Waals surface area contributed by atoms with Gasteiger partial charge in [-0.05, 0) is 24.6 Å². The standard InChI is InChI=1S/C8H8FNO2/c1-5-2-6(4-8(11)12)3-7(9)10-5/h2-3H,4H2,1H3,(H,11,12). The first-order valence-electron chi connectivity index (χ1n) is 3.43. The highest BCUT2D eigenvalue weighted by atomic mass is 19.1. The Morgan fingerprint density at radius 2 is 2.33 bits per heavy atom. The number of hydrogen-bond acceptors (Lipinski definition) is 2. The maximum absolute atomic E-state index is 12.6. The zero-order chi connectivity index (χ0) is 9.14. The molecule has 0 fully saturated rings. The molecule has 0 aromatic carbocycles. The Morgan fingerprint density at radius 3 is 2.83 bits per heavy atom. The smallest absolute Gasteiger partial charge is 0.307 e. The quantitative estimate of drug-likeness (QED) is 0.676. The largest absolute Gasteiger partial charge is 0.481 e. The number of nitrogens with zero attached hydrogens (tertiary/aromatic N) is 1. The van der Waals surface area contributed by atoms with E-state index in [1.165, 1.54) is 0 Å². The molecular weight excluding hydrogens is 161 g/mol. The van der Waals surface area contributed by atoms with Gasteiger partial charge in [-0.1, -0.05) is 0 Å². The van der Waals surface area contributed by atoms with Crippen LogP contribution in [0.1, 0.15) is 11.3 Å². The Balaban J connectivity index is 2.93. The lowest BCUT2D eigenvalue weighted by Gasteiger charge is -1.98. The van der Waals surface area contributed by atoms with Crippen LogP contribution in [0.5, 0.6) is 0 Å². The van der Waals surface area contributed by atoms with Gasteiger partial charge in [-0.3, -0.25) is 4.79 Å². The molecule has 0 aliphatic heterocycles. The summed E-state index contributed by atoms with van der Waals surface area (Å²) in [6.45, 7) is 1.62. The molecule has 0 radical (unpaired) electrons. The lowest BCUT2D eigenvalue weighted by molar-refractivity contribution is -0.136. The van der Waals surface area contributed by atoms with E-state index in [2.05, 4.69) is 4.98 Å². The third kappa shape index (κ3) is 2.30. The Bertz CT molecular complexity index is 292. The lowest BCUT2D eigenvalue weighted by Crippen LogP contribution is -2.01. The van der Waals surface area contributed by atoms with Gasteiger partial charge in [0.25, 0.3) is 0 Å². The van der Waals surface area contributed by atoms with E-state index in [1.54, 1.807) is 13.0 Å². The van der Waals surface area contributed by atoms with Gasteiger partial charge >= 0.3 is 5.97 Å². The van der Waals surface area contributed by atoms with Crippen molar-refractivity contribution in [2.45, 2.75) is 13.3 Å². The van der Waals surface area contributed by atoms with E-state index in [1.807, 2.05) is 0 Å². The highest BCUT2D eigenvalue weighted by Crippen LogP contribution is 2.04. The van der Waals surface area contributed by atoms with Crippen LogP contribution in [-0.2, 0) is 11.2 Å². The molecule has 1 rings (SSSR count). The molecule has 4 heteroatoms. The molecule has 1 N–H and O–H groups in total. The van der Waals surface area contributed by atoms with Crippen LogP contribution in [0, 0.1) is 12.9 Å². The van der Waals surface area contributed by atoms with E-state index in [0.29, 0.717) is 11.3 Å². The molecule has 0 spiro atoms. The average molecular weight is 169 g/mol. The molecule has 0 atom stereocenters. The van der Waals surface area contributed by atoms with Gasteiger partial charge in [0.2, 0.25) is 5.95 Å². The second-order valence-electron chi connectivity index (χ2n) is 2.51. The molecule has 0 unspecified atom stereocenters. The average Bonchev–Trinajstić information content (AvgIpc) is 1.81. The second-order valence-corrected chi connectivity index (χ2v) is 2.51. The third-order valence-electron chi connectivity index (χ3n) is 1.34. The molecule has 1 aromatic heterocycles. The summed E-state index contributed by atoms with van der Waals surface area (Å²) in [5.74, 6) is -1.61. The Hall–Kier alpha value is -1.45.